The molecule has 0 unspecified atom stereocenters. The molecule has 0 aliphatic heterocycles. The summed E-state index contributed by atoms with van der Waals surface area (Å²) in [7, 11) is -3.40. The topological polar surface area (TPSA) is 86.5 Å². The van der Waals surface area contributed by atoms with Crippen LogP contribution in [-0.2, 0) is 19.4 Å². The van der Waals surface area contributed by atoms with Gasteiger partial charge in [0, 0.05) is 18.2 Å². The quantitative estimate of drug-likeness (QED) is 0.799. The first-order valence-corrected chi connectivity index (χ1v) is 9.22. The van der Waals surface area contributed by atoms with E-state index in [0.717, 1.165) is 11.1 Å². The number of sulfone groups is 1. The van der Waals surface area contributed by atoms with Crippen LogP contribution >= 0.6 is 0 Å². The number of esters is 1. The Morgan fingerprint density at radius 2 is 1.86 bits per heavy atom. The third kappa shape index (κ3) is 2.54. The molecule has 5 nitrogen and oxygen atoms in total. The van der Waals surface area contributed by atoms with E-state index >= 15 is 0 Å². The van der Waals surface area contributed by atoms with Crippen LogP contribution in [0.3, 0.4) is 0 Å². The molecule has 3 atom stereocenters. The minimum absolute atomic E-state index is 0.0127. The van der Waals surface area contributed by atoms with Gasteiger partial charge < -0.3 is 10.5 Å². The van der Waals surface area contributed by atoms with Gasteiger partial charge in [-0.15, -0.1) is 0 Å². The van der Waals surface area contributed by atoms with E-state index in [2.05, 4.69) is 0 Å². The van der Waals surface area contributed by atoms with E-state index in [1.807, 2.05) is 31.2 Å². The fourth-order valence-corrected chi connectivity index (χ4v) is 5.27. The fraction of sp³-hybridized carbons (Fsp3) is 0.562. The average molecular weight is 325 g/mol. The second kappa shape index (κ2) is 6.01. The Morgan fingerprint density at radius 3 is 2.32 bits per heavy atom. The van der Waals surface area contributed by atoms with Gasteiger partial charge in [0.2, 0.25) is 0 Å². The summed E-state index contributed by atoms with van der Waals surface area (Å²) in [6.45, 7) is 5.42. The van der Waals surface area contributed by atoms with Crippen LogP contribution < -0.4 is 5.73 Å². The average Bonchev–Trinajstić information content (AvgIpc) is 3.20. The number of hydrogen-bond acceptors (Lipinski definition) is 5. The zero-order valence-corrected chi connectivity index (χ0v) is 14.0. The van der Waals surface area contributed by atoms with Crippen LogP contribution in [0.4, 0.5) is 0 Å². The maximum Gasteiger partial charge on any atom is 0.315 e. The number of carbonyl (C=O) groups excluding carboxylic acids is 1. The highest BCUT2D eigenvalue weighted by Crippen LogP contribution is 2.63. The molecule has 1 aliphatic carbocycles. The van der Waals surface area contributed by atoms with E-state index in [9.17, 15) is 13.2 Å². The van der Waals surface area contributed by atoms with Crippen LogP contribution in [0.5, 0.6) is 0 Å². The van der Waals surface area contributed by atoms with Gasteiger partial charge in [0.15, 0.2) is 9.84 Å². The van der Waals surface area contributed by atoms with Crippen molar-refractivity contribution in [1.29, 1.82) is 0 Å². The number of ether oxygens (including phenoxy) is 1. The number of rotatable bonds is 6. The van der Waals surface area contributed by atoms with Gasteiger partial charge in [-0.3, -0.25) is 4.79 Å². The van der Waals surface area contributed by atoms with Crippen molar-refractivity contribution in [3.05, 3.63) is 35.4 Å². The molecule has 1 aromatic carbocycles. The molecule has 122 valence electrons. The van der Waals surface area contributed by atoms with Crippen molar-refractivity contribution < 1.29 is 17.9 Å². The lowest BCUT2D eigenvalue weighted by molar-refractivity contribution is -0.149. The maximum absolute atomic E-state index is 12.4. The summed E-state index contributed by atoms with van der Waals surface area (Å²) in [6.07, 6.45) is 0. The standard InChI is InChI=1S/C16H23NO4S/c1-4-21-15(18)16(10-17)13(14(16)22(19,20)5-2)12-8-6-11(3)7-9-12/h6-9,13-14H,4-5,10,17H2,1-3H3/t13-,14+,16+/m0/s1. The van der Waals surface area contributed by atoms with Crippen LogP contribution in [0.2, 0.25) is 0 Å². The zero-order valence-electron chi connectivity index (χ0n) is 13.2. The predicted molar refractivity (Wildman–Crippen MR) is 85.3 cm³/mol. The largest absolute Gasteiger partial charge is 0.465 e. The third-order valence-electron chi connectivity index (χ3n) is 4.48. The van der Waals surface area contributed by atoms with Gasteiger partial charge in [0.1, 0.15) is 5.41 Å². The molecule has 0 radical (unpaired) electrons. The summed E-state index contributed by atoms with van der Waals surface area (Å²) < 4.78 is 30.0. The normalized spacial score (nSPS) is 27.5. The molecule has 2 rings (SSSR count). The summed E-state index contributed by atoms with van der Waals surface area (Å²) in [5, 5.41) is -0.795. The van der Waals surface area contributed by atoms with Crippen molar-refractivity contribution in [1.82, 2.24) is 0 Å². The first-order valence-electron chi connectivity index (χ1n) is 7.50. The van der Waals surface area contributed by atoms with Crippen molar-refractivity contribution >= 4 is 15.8 Å². The molecule has 22 heavy (non-hydrogen) atoms. The lowest BCUT2D eigenvalue weighted by atomic mass is 9.98. The molecule has 1 aliphatic rings. The number of nitrogens with two attached hydrogens (primary N) is 1. The highest BCUT2D eigenvalue weighted by Gasteiger charge is 2.74. The number of carbonyl (C=O) groups is 1. The minimum atomic E-state index is -3.40. The molecule has 2 N–H and O–H groups in total. The highest BCUT2D eigenvalue weighted by molar-refractivity contribution is 7.92. The van der Waals surface area contributed by atoms with Gasteiger partial charge >= 0.3 is 5.97 Å². The van der Waals surface area contributed by atoms with Gasteiger partial charge in [-0.25, -0.2) is 8.42 Å². The van der Waals surface area contributed by atoms with Gasteiger partial charge in [0.25, 0.3) is 0 Å². The lowest BCUT2D eigenvalue weighted by Crippen LogP contribution is -2.34. The first kappa shape index (κ1) is 17.0. The summed E-state index contributed by atoms with van der Waals surface area (Å²) in [4.78, 5) is 12.4. The highest BCUT2D eigenvalue weighted by atomic mass is 32.2. The minimum Gasteiger partial charge on any atom is -0.465 e. The molecule has 0 bridgehead atoms. The van der Waals surface area contributed by atoms with E-state index in [1.165, 1.54) is 0 Å². The van der Waals surface area contributed by atoms with Crippen LogP contribution in [-0.4, -0.2) is 38.5 Å². The van der Waals surface area contributed by atoms with Gasteiger partial charge in [-0.1, -0.05) is 36.8 Å². The lowest BCUT2D eigenvalue weighted by Gasteiger charge is -2.14. The second-order valence-corrected chi connectivity index (χ2v) is 8.14. The summed E-state index contributed by atoms with van der Waals surface area (Å²) in [6, 6.07) is 7.56. The second-order valence-electron chi connectivity index (χ2n) is 5.73. The summed E-state index contributed by atoms with van der Waals surface area (Å²) in [5.41, 5.74) is 6.58. The monoisotopic (exact) mass is 325 g/mol. The Balaban J connectivity index is 2.49. The zero-order chi connectivity index (χ0) is 16.5. The van der Waals surface area contributed by atoms with Crippen LogP contribution in [0.15, 0.2) is 24.3 Å². The Morgan fingerprint density at radius 1 is 1.27 bits per heavy atom. The third-order valence-corrected chi connectivity index (χ3v) is 6.75. The Hall–Kier alpha value is -1.40. The summed E-state index contributed by atoms with van der Waals surface area (Å²) in [5.74, 6) is -0.950. The van der Waals surface area contributed by atoms with Crippen LogP contribution in [0.1, 0.15) is 30.9 Å². The van der Waals surface area contributed by atoms with Crippen LogP contribution in [0, 0.1) is 12.3 Å². The summed E-state index contributed by atoms with van der Waals surface area (Å²) >= 11 is 0. The van der Waals surface area contributed by atoms with E-state index in [1.54, 1.807) is 13.8 Å². The van der Waals surface area contributed by atoms with Crippen molar-refractivity contribution in [2.75, 3.05) is 18.9 Å². The number of benzene rings is 1. The smallest absolute Gasteiger partial charge is 0.315 e. The van der Waals surface area contributed by atoms with Crippen LogP contribution in [0.25, 0.3) is 0 Å². The van der Waals surface area contributed by atoms with Crippen molar-refractivity contribution in [3.8, 4) is 0 Å². The van der Waals surface area contributed by atoms with E-state index < -0.39 is 32.4 Å². The molecule has 1 fully saturated rings. The molecule has 0 amide bonds. The Kier molecular flexibility index (Phi) is 4.63. The molecule has 0 saturated heterocycles. The molecule has 0 heterocycles. The molecule has 6 heteroatoms. The maximum atomic E-state index is 12.4. The Bertz CT molecular complexity index is 653. The molecule has 0 spiro atoms. The van der Waals surface area contributed by atoms with Crippen molar-refractivity contribution in [3.63, 3.8) is 0 Å². The van der Waals surface area contributed by atoms with Crippen molar-refractivity contribution in [2.24, 2.45) is 11.1 Å². The van der Waals surface area contributed by atoms with E-state index in [-0.39, 0.29) is 18.9 Å². The Labute approximate surface area is 131 Å². The molecule has 1 saturated carbocycles. The molecule has 0 aromatic heterocycles. The first-order chi connectivity index (χ1) is 10.3. The SMILES string of the molecule is CCOC(=O)[C@@]1(CN)[C@H](S(=O)(=O)CC)[C@@H]1c1ccc(C)cc1. The van der Waals surface area contributed by atoms with E-state index in [0.29, 0.717) is 0 Å². The van der Waals surface area contributed by atoms with Crippen molar-refractivity contribution in [2.45, 2.75) is 31.9 Å². The number of hydrogen-bond donors (Lipinski definition) is 1. The molecular weight excluding hydrogens is 302 g/mol. The van der Waals surface area contributed by atoms with Gasteiger partial charge in [-0.2, -0.15) is 0 Å². The predicted octanol–water partition coefficient (Wildman–Crippen LogP) is 1.40. The fourth-order valence-electron chi connectivity index (χ4n) is 3.19. The van der Waals surface area contributed by atoms with Gasteiger partial charge in [0.05, 0.1) is 11.9 Å². The molecular formula is C16H23NO4S. The molecule has 1 aromatic rings. The van der Waals surface area contributed by atoms with Gasteiger partial charge in [-0.05, 0) is 19.4 Å². The van der Waals surface area contributed by atoms with E-state index in [4.69, 9.17) is 10.5 Å². The number of aryl methyl sites for hydroxylation is 1.